The summed E-state index contributed by atoms with van der Waals surface area (Å²) in [4.78, 5) is 52.2. The van der Waals surface area contributed by atoms with Crippen molar-refractivity contribution in [2.24, 2.45) is 17.6 Å². The second kappa shape index (κ2) is 19.1. The molecule has 5 unspecified atom stereocenters. The van der Waals surface area contributed by atoms with Crippen LogP contribution in [-0.2, 0) is 41.4 Å². The summed E-state index contributed by atoms with van der Waals surface area (Å²) < 4.78 is 21.3. The first-order valence-electron chi connectivity index (χ1n) is 18.3. The Labute approximate surface area is 310 Å². The Kier molecular flexibility index (Phi) is 15.8. The fraction of sp³-hybridized carbons (Fsp3) is 0.641. The van der Waals surface area contributed by atoms with E-state index in [2.05, 4.69) is 13.8 Å². The highest BCUT2D eigenvalue weighted by Gasteiger charge is 2.43. The molecule has 0 saturated carbocycles. The molecule has 1 aromatic rings. The van der Waals surface area contributed by atoms with Crippen molar-refractivity contribution in [3.05, 3.63) is 45.2 Å². The lowest BCUT2D eigenvalue weighted by Crippen LogP contribution is -2.51. The van der Waals surface area contributed by atoms with E-state index in [0.717, 1.165) is 6.42 Å². The number of rotatable bonds is 10. The van der Waals surface area contributed by atoms with Gasteiger partial charge in [-0.1, -0.05) is 19.9 Å². The van der Waals surface area contributed by atoms with Crippen molar-refractivity contribution in [1.29, 1.82) is 0 Å². The van der Waals surface area contributed by atoms with Gasteiger partial charge >= 0.3 is 5.97 Å². The number of aliphatic hydroxyl groups is 3. The number of hydrogen-bond acceptors (Lipinski definition) is 14. The molecule has 5 rings (SSSR count). The highest BCUT2D eigenvalue weighted by Crippen LogP contribution is 2.48. The number of Topliss-reactive ketones (excluding diaryl/α,β-unsaturated/α-hetero) is 3. The number of hydrogen-bond donors (Lipinski definition) is 6. The number of carbonyl (C=O) groups is 4. The van der Waals surface area contributed by atoms with Crippen molar-refractivity contribution in [1.82, 2.24) is 0 Å². The van der Waals surface area contributed by atoms with Gasteiger partial charge in [0.05, 0.1) is 48.0 Å². The molecule has 14 heteroatoms. The van der Waals surface area contributed by atoms with E-state index in [4.69, 9.17) is 34.9 Å². The largest absolute Gasteiger partial charge is 0.507 e. The van der Waals surface area contributed by atoms with Crippen molar-refractivity contribution in [2.75, 3.05) is 26.9 Å². The van der Waals surface area contributed by atoms with Crippen LogP contribution in [0, 0.1) is 11.8 Å². The van der Waals surface area contributed by atoms with Crippen LogP contribution in [0.15, 0.2) is 23.0 Å². The van der Waals surface area contributed by atoms with E-state index in [1.165, 1.54) is 7.11 Å². The van der Waals surface area contributed by atoms with Gasteiger partial charge in [-0.2, -0.15) is 0 Å². The molecule has 1 aliphatic heterocycles. The van der Waals surface area contributed by atoms with Crippen molar-refractivity contribution in [3.63, 3.8) is 0 Å². The monoisotopic (exact) mass is 747 g/mol. The van der Waals surface area contributed by atoms with Gasteiger partial charge in [0.15, 0.2) is 17.9 Å². The predicted molar refractivity (Wildman–Crippen MR) is 193 cm³/mol. The van der Waals surface area contributed by atoms with Crippen LogP contribution in [0.25, 0.3) is 0 Å². The minimum Gasteiger partial charge on any atom is -0.507 e. The summed E-state index contributed by atoms with van der Waals surface area (Å²) in [5.41, 5.74) is 5.18. The number of esters is 1. The number of benzene rings is 1. The number of methoxy groups -OCH3 is 1. The highest BCUT2D eigenvalue weighted by molar-refractivity contribution is 6.33. The lowest BCUT2D eigenvalue weighted by atomic mass is 9.73. The minimum atomic E-state index is -0.812. The maximum Gasteiger partial charge on any atom is 0.309 e. The molecule has 14 nitrogen and oxygen atoms in total. The number of nitrogens with two attached hydrogens (primary N) is 1. The quantitative estimate of drug-likeness (QED) is 0.149. The number of aromatic hydroxyl groups is 2. The molecular formula is C39H57NO13. The molecule has 5 atom stereocenters. The van der Waals surface area contributed by atoms with Gasteiger partial charge in [-0.15, -0.1) is 0 Å². The van der Waals surface area contributed by atoms with Crippen molar-refractivity contribution >= 4 is 23.3 Å². The van der Waals surface area contributed by atoms with E-state index in [1.54, 1.807) is 33.8 Å². The molecule has 0 aromatic heterocycles. The third kappa shape index (κ3) is 10.7. The lowest BCUT2D eigenvalue weighted by molar-refractivity contribution is -0.198. The van der Waals surface area contributed by atoms with Gasteiger partial charge in [0, 0.05) is 54.7 Å². The summed E-state index contributed by atoms with van der Waals surface area (Å²) in [6, 6.07) is -0.362. The van der Waals surface area contributed by atoms with Crippen LogP contribution >= 0.6 is 0 Å². The maximum atomic E-state index is 13.4. The van der Waals surface area contributed by atoms with Gasteiger partial charge in [-0.3, -0.25) is 19.2 Å². The van der Waals surface area contributed by atoms with Crippen molar-refractivity contribution < 1.29 is 63.7 Å². The number of fused-ring (bicyclic) bond motifs is 3. The molecule has 0 amide bonds. The zero-order valence-corrected chi connectivity index (χ0v) is 31.9. The zero-order chi connectivity index (χ0) is 39.8. The molecule has 7 N–H and O–H groups in total. The number of phenols is 2. The maximum absolute atomic E-state index is 13.4. The number of aliphatic hydroxyl groups excluding tert-OH is 3. The molecule has 53 heavy (non-hydrogen) atoms. The van der Waals surface area contributed by atoms with Crippen LogP contribution in [-0.4, -0.2) is 106 Å². The van der Waals surface area contributed by atoms with E-state index >= 15 is 0 Å². The minimum absolute atomic E-state index is 0.000115. The molecular weight excluding hydrogens is 690 g/mol. The molecule has 296 valence electrons. The number of phenolic OH excluding ortho intramolecular Hbond substituents is 2. The average Bonchev–Trinajstić information content (AvgIpc) is 3.09. The Balaban J connectivity index is 0.000000492. The number of ether oxygens (including phenoxy) is 4. The molecule has 1 heterocycles. The summed E-state index contributed by atoms with van der Waals surface area (Å²) in [5, 5.41) is 48.0. The third-order valence-corrected chi connectivity index (χ3v) is 9.65. The van der Waals surface area contributed by atoms with E-state index in [-0.39, 0.29) is 83.1 Å². The van der Waals surface area contributed by atoms with Gasteiger partial charge in [-0.25, -0.2) is 0 Å². The lowest BCUT2D eigenvalue weighted by Gasteiger charge is -2.33. The van der Waals surface area contributed by atoms with E-state index in [1.807, 2.05) is 0 Å². The van der Waals surface area contributed by atoms with E-state index in [0.29, 0.717) is 49.5 Å². The highest BCUT2D eigenvalue weighted by atomic mass is 16.6. The Bertz CT molecular complexity index is 1570. The van der Waals surface area contributed by atoms with Crippen molar-refractivity contribution in [3.8, 4) is 11.5 Å². The molecule has 0 radical (unpaired) electrons. The second-order valence-electron chi connectivity index (χ2n) is 14.8. The molecule has 0 bridgehead atoms. The summed E-state index contributed by atoms with van der Waals surface area (Å²) in [7, 11) is 1.43. The molecule has 1 saturated heterocycles. The summed E-state index contributed by atoms with van der Waals surface area (Å²) in [6.45, 7) is 11.5. The summed E-state index contributed by atoms with van der Waals surface area (Å²) in [5.74, 6) is -2.44. The fourth-order valence-corrected chi connectivity index (χ4v) is 6.74. The normalized spacial score (nSPS) is 23.7. The molecule has 4 aliphatic rings. The van der Waals surface area contributed by atoms with Crippen LogP contribution in [0.5, 0.6) is 11.5 Å². The number of ketones is 3. The topological polar surface area (TPSA) is 232 Å². The first-order chi connectivity index (χ1) is 24.9. The Morgan fingerprint density at radius 1 is 1.06 bits per heavy atom. The van der Waals surface area contributed by atoms with Gasteiger partial charge in [0.25, 0.3) is 0 Å². The van der Waals surface area contributed by atoms with Gasteiger partial charge in [-0.05, 0) is 65.7 Å². The predicted octanol–water partition coefficient (Wildman–Crippen LogP) is 3.35. The molecule has 3 aliphatic carbocycles. The van der Waals surface area contributed by atoms with E-state index < -0.39 is 48.1 Å². The SMILES string of the molecule is CC1OC(O)CC(N)C1O.CCO.COC1=C2C(=O)c3c(O)c4c(c(O)c3C(=O)C2=CCC1)CC(C(=O)COC(=O)CC(C)(C)OCCC(C)C)CC4. The first-order valence-corrected chi connectivity index (χ1v) is 18.3. The van der Waals surface area contributed by atoms with Crippen LogP contribution in [0.2, 0.25) is 0 Å². The second-order valence-corrected chi connectivity index (χ2v) is 14.8. The Morgan fingerprint density at radius 2 is 1.68 bits per heavy atom. The molecule has 1 fully saturated rings. The van der Waals surface area contributed by atoms with Gasteiger partial charge in [0.1, 0.15) is 23.9 Å². The van der Waals surface area contributed by atoms with Crippen molar-refractivity contribution in [2.45, 2.75) is 123 Å². The zero-order valence-electron chi connectivity index (χ0n) is 31.9. The smallest absolute Gasteiger partial charge is 0.309 e. The standard InChI is InChI=1S/C31H38O9.C6H13NO3.C2H6O/c1-16(2)11-12-40-31(3,4)14-23(33)39-15-21(32)17-9-10-18-20(13-17)29(36)25-26(27(18)34)30(37)24-19(28(25)35)7-6-8-22(24)38-5;1-3-6(9)4(7)2-5(8)10-3;1-2-3/h7,16-17,34,36H,6,8-15H2,1-5H3;3-6,8-9H,2,7H2,1H3;3H,2H2,1H3. The third-order valence-electron chi connectivity index (χ3n) is 9.65. The number of carbonyl (C=O) groups excluding carboxylic acids is 4. The first kappa shape index (κ1) is 43.7. The molecule has 1 aromatic carbocycles. The van der Waals surface area contributed by atoms with Gasteiger partial charge < -0.3 is 50.2 Å². The Hall–Kier alpha value is -3.66. The van der Waals surface area contributed by atoms with Crippen LogP contribution in [0.1, 0.15) is 112 Å². The fourth-order valence-electron chi connectivity index (χ4n) is 6.74. The van der Waals surface area contributed by atoms with Crippen LogP contribution in [0.4, 0.5) is 0 Å². The van der Waals surface area contributed by atoms with Crippen LogP contribution < -0.4 is 5.73 Å². The number of allylic oxidation sites excluding steroid dienone is 4. The van der Waals surface area contributed by atoms with Gasteiger partial charge in [0.2, 0.25) is 5.78 Å². The average molecular weight is 748 g/mol. The molecule has 0 spiro atoms. The van der Waals surface area contributed by atoms with E-state index in [9.17, 15) is 34.5 Å². The Morgan fingerprint density at radius 3 is 2.28 bits per heavy atom. The summed E-state index contributed by atoms with van der Waals surface area (Å²) in [6.07, 6.45) is 2.56. The van der Waals surface area contributed by atoms with Crippen LogP contribution in [0.3, 0.4) is 0 Å². The summed E-state index contributed by atoms with van der Waals surface area (Å²) >= 11 is 0.